The molecule has 4 heteroatoms. The van der Waals surface area contributed by atoms with Crippen molar-refractivity contribution in [1.82, 2.24) is 5.32 Å². The summed E-state index contributed by atoms with van der Waals surface area (Å²) in [5, 5.41) is 14.0. The van der Waals surface area contributed by atoms with E-state index in [1.54, 1.807) is 12.1 Å². The van der Waals surface area contributed by atoms with Crippen LogP contribution in [0.4, 0.5) is 0 Å². The molecule has 1 amide bonds. The van der Waals surface area contributed by atoms with Gasteiger partial charge in [-0.25, -0.2) is 0 Å². The molecule has 116 valence electrons. The zero-order chi connectivity index (χ0) is 15.7. The fraction of sp³-hybridized carbons (Fsp3) is 0.588. The Labute approximate surface area is 131 Å². The molecule has 0 radical (unpaired) electrons. The van der Waals surface area contributed by atoms with Crippen LogP contribution in [0.2, 0.25) is 5.02 Å². The second-order valence-corrected chi connectivity index (χ2v) is 7.44. The number of carbonyl (C=O) groups is 1. The van der Waals surface area contributed by atoms with E-state index >= 15 is 0 Å². The minimum atomic E-state index is -0.778. The van der Waals surface area contributed by atoms with Gasteiger partial charge in [-0.1, -0.05) is 31.5 Å². The number of hydrogen-bond acceptors (Lipinski definition) is 2. The van der Waals surface area contributed by atoms with E-state index in [0.29, 0.717) is 22.5 Å². The standard InChI is InChI=1S/C17H24ClNO2/c1-12-4-5-13(10-14(12)18)15(20)19-11-17(21)8-6-16(2,3)7-9-17/h4-5,10,21H,6-9,11H2,1-3H3,(H,19,20). The molecule has 21 heavy (non-hydrogen) atoms. The summed E-state index contributed by atoms with van der Waals surface area (Å²) in [6, 6.07) is 5.25. The van der Waals surface area contributed by atoms with Crippen molar-refractivity contribution in [2.24, 2.45) is 5.41 Å². The van der Waals surface area contributed by atoms with E-state index in [2.05, 4.69) is 19.2 Å². The smallest absolute Gasteiger partial charge is 0.251 e. The minimum Gasteiger partial charge on any atom is -0.388 e. The Morgan fingerprint density at radius 3 is 2.48 bits per heavy atom. The normalized spacial score (nSPS) is 20.0. The van der Waals surface area contributed by atoms with Crippen molar-refractivity contribution in [3.8, 4) is 0 Å². The first-order valence-corrected chi connectivity index (χ1v) is 7.85. The fourth-order valence-corrected chi connectivity index (χ4v) is 2.83. The van der Waals surface area contributed by atoms with Crippen molar-refractivity contribution in [3.05, 3.63) is 34.3 Å². The monoisotopic (exact) mass is 309 g/mol. The topological polar surface area (TPSA) is 49.3 Å². The maximum absolute atomic E-state index is 12.1. The summed E-state index contributed by atoms with van der Waals surface area (Å²) in [5.74, 6) is -0.185. The van der Waals surface area contributed by atoms with Crippen LogP contribution in [-0.4, -0.2) is 23.2 Å². The molecule has 0 atom stereocenters. The number of rotatable bonds is 3. The van der Waals surface area contributed by atoms with Crippen molar-refractivity contribution in [2.45, 2.75) is 52.1 Å². The Bertz CT molecular complexity index is 530. The highest BCUT2D eigenvalue weighted by Crippen LogP contribution is 2.39. The summed E-state index contributed by atoms with van der Waals surface area (Å²) in [7, 11) is 0. The Morgan fingerprint density at radius 2 is 1.90 bits per heavy atom. The van der Waals surface area contributed by atoms with Crippen molar-refractivity contribution in [1.29, 1.82) is 0 Å². The van der Waals surface area contributed by atoms with Gasteiger partial charge in [0.05, 0.1) is 5.60 Å². The van der Waals surface area contributed by atoms with Crippen LogP contribution in [0.1, 0.15) is 55.5 Å². The summed E-state index contributed by atoms with van der Waals surface area (Å²) in [4.78, 5) is 12.1. The lowest BCUT2D eigenvalue weighted by molar-refractivity contribution is -0.0233. The van der Waals surface area contributed by atoms with Crippen LogP contribution in [0, 0.1) is 12.3 Å². The van der Waals surface area contributed by atoms with Crippen molar-refractivity contribution in [2.75, 3.05) is 6.54 Å². The van der Waals surface area contributed by atoms with E-state index in [1.807, 2.05) is 13.0 Å². The van der Waals surface area contributed by atoms with Gasteiger partial charge in [0.2, 0.25) is 0 Å². The average Bonchev–Trinajstić information content (AvgIpc) is 2.43. The summed E-state index contributed by atoms with van der Waals surface area (Å²) < 4.78 is 0. The van der Waals surface area contributed by atoms with Crippen molar-refractivity contribution in [3.63, 3.8) is 0 Å². The van der Waals surface area contributed by atoms with Gasteiger partial charge in [0.15, 0.2) is 0 Å². The SMILES string of the molecule is Cc1ccc(C(=O)NCC2(O)CCC(C)(C)CC2)cc1Cl. The van der Waals surface area contributed by atoms with Gasteiger partial charge >= 0.3 is 0 Å². The lowest BCUT2D eigenvalue weighted by Gasteiger charge is -2.40. The Kier molecular flexibility index (Phi) is 4.64. The van der Waals surface area contributed by atoms with Crippen LogP contribution in [0.25, 0.3) is 0 Å². The number of benzene rings is 1. The predicted molar refractivity (Wildman–Crippen MR) is 85.7 cm³/mol. The highest BCUT2D eigenvalue weighted by Gasteiger charge is 2.36. The number of carbonyl (C=O) groups excluding carboxylic acids is 1. The van der Waals surface area contributed by atoms with E-state index in [-0.39, 0.29) is 5.91 Å². The van der Waals surface area contributed by atoms with E-state index in [1.165, 1.54) is 0 Å². The van der Waals surface area contributed by atoms with Crippen LogP contribution in [0.3, 0.4) is 0 Å². The predicted octanol–water partition coefficient (Wildman–Crippen LogP) is 3.71. The quantitative estimate of drug-likeness (QED) is 0.894. The molecule has 0 heterocycles. The molecule has 0 unspecified atom stereocenters. The molecule has 3 nitrogen and oxygen atoms in total. The summed E-state index contributed by atoms with van der Waals surface area (Å²) in [6.45, 7) is 6.64. The average molecular weight is 310 g/mol. The first kappa shape index (κ1) is 16.3. The molecule has 2 rings (SSSR count). The van der Waals surface area contributed by atoms with Gasteiger partial charge in [0.1, 0.15) is 0 Å². The van der Waals surface area contributed by atoms with Crippen LogP contribution in [0.15, 0.2) is 18.2 Å². The lowest BCUT2D eigenvalue weighted by Crippen LogP contribution is -2.46. The van der Waals surface area contributed by atoms with E-state index in [4.69, 9.17) is 11.6 Å². The van der Waals surface area contributed by atoms with Gasteiger partial charge in [-0.3, -0.25) is 4.79 Å². The molecule has 1 saturated carbocycles. The van der Waals surface area contributed by atoms with Gasteiger partial charge in [0, 0.05) is 17.1 Å². The highest BCUT2D eigenvalue weighted by molar-refractivity contribution is 6.31. The Balaban J connectivity index is 1.93. The molecule has 0 spiro atoms. The Hall–Kier alpha value is -1.06. The molecule has 0 aliphatic heterocycles. The molecular formula is C17H24ClNO2. The molecule has 0 saturated heterocycles. The summed E-state index contributed by atoms with van der Waals surface area (Å²) in [6.07, 6.45) is 3.43. The van der Waals surface area contributed by atoms with Crippen molar-refractivity contribution >= 4 is 17.5 Å². The van der Waals surface area contributed by atoms with Gasteiger partial charge in [-0.2, -0.15) is 0 Å². The number of halogens is 1. The third-order valence-electron chi connectivity index (χ3n) is 4.55. The molecule has 0 aromatic heterocycles. The zero-order valence-corrected chi connectivity index (χ0v) is 13.8. The lowest BCUT2D eigenvalue weighted by atomic mass is 9.71. The molecule has 0 bridgehead atoms. The number of aryl methyl sites for hydroxylation is 1. The van der Waals surface area contributed by atoms with E-state index in [9.17, 15) is 9.90 Å². The molecular weight excluding hydrogens is 286 g/mol. The maximum Gasteiger partial charge on any atom is 0.251 e. The highest BCUT2D eigenvalue weighted by atomic mass is 35.5. The first-order valence-electron chi connectivity index (χ1n) is 7.48. The van der Waals surface area contributed by atoms with Crippen molar-refractivity contribution < 1.29 is 9.90 Å². The molecule has 1 aliphatic carbocycles. The number of hydrogen-bond donors (Lipinski definition) is 2. The fourth-order valence-electron chi connectivity index (χ4n) is 2.65. The number of nitrogens with one attached hydrogen (secondary N) is 1. The van der Waals surface area contributed by atoms with Crippen LogP contribution in [0.5, 0.6) is 0 Å². The van der Waals surface area contributed by atoms with E-state index in [0.717, 1.165) is 31.2 Å². The number of amides is 1. The van der Waals surface area contributed by atoms with Gasteiger partial charge < -0.3 is 10.4 Å². The molecule has 2 N–H and O–H groups in total. The third-order valence-corrected chi connectivity index (χ3v) is 4.95. The molecule has 1 fully saturated rings. The van der Waals surface area contributed by atoms with Gasteiger partial charge in [-0.05, 0) is 55.7 Å². The second kappa shape index (κ2) is 5.98. The minimum absolute atomic E-state index is 0.185. The maximum atomic E-state index is 12.1. The molecule has 1 aliphatic rings. The largest absolute Gasteiger partial charge is 0.388 e. The first-order chi connectivity index (χ1) is 9.71. The molecule has 1 aromatic carbocycles. The van der Waals surface area contributed by atoms with Crippen LogP contribution >= 0.6 is 11.6 Å². The van der Waals surface area contributed by atoms with Gasteiger partial charge in [0.25, 0.3) is 5.91 Å². The second-order valence-electron chi connectivity index (χ2n) is 7.04. The third kappa shape index (κ3) is 4.21. The van der Waals surface area contributed by atoms with Gasteiger partial charge in [-0.15, -0.1) is 0 Å². The Morgan fingerprint density at radius 1 is 1.29 bits per heavy atom. The van der Waals surface area contributed by atoms with E-state index < -0.39 is 5.60 Å². The van der Waals surface area contributed by atoms with Crippen LogP contribution in [-0.2, 0) is 0 Å². The number of aliphatic hydroxyl groups is 1. The zero-order valence-electron chi connectivity index (χ0n) is 13.0. The van der Waals surface area contributed by atoms with Crippen LogP contribution < -0.4 is 5.32 Å². The summed E-state index contributed by atoms with van der Waals surface area (Å²) >= 11 is 6.04. The summed E-state index contributed by atoms with van der Waals surface area (Å²) in [5.41, 5.74) is 0.993. The molecule has 1 aromatic rings.